The van der Waals surface area contributed by atoms with Crippen LogP contribution in [0.3, 0.4) is 0 Å². The van der Waals surface area contributed by atoms with Crippen LogP contribution in [0.4, 0.5) is 0 Å². The number of carbonyl (C=O) groups excluding carboxylic acids is 1. The van der Waals surface area contributed by atoms with Gasteiger partial charge in [-0.05, 0) is 6.92 Å². The highest BCUT2D eigenvalue weighted by atomic mass is 35.6. The molecule has 0 saturated carbocycles. The first-order valence-electron chi connectivity index (χ1n) is 4.79. The van der Waals surface area contributed by atoms with E-state index in [-0.39, 0.29) is 16.9 Å². The van der Waals surface area contributed by atoms with Crippen molar-refractivity contribution in [3.8, 4) is 6.07 Å². The van der Waals surface area contributed by atoms with Crippen molar-refractivity contribution in [1.82, 2.24) is 0 Å². The summed E-state index contributed by atoms with van der Waals surface area (Å²) in [7, 11) is 0. The van der Waals surface area contributed by atoms with Gasteiger partial charge in [-0.2, -0.15) is 5.26 Å². The van der Waals surface area contributed by atoms with Gasteiger partial charge < -0.3 is 5.11 Å². The van der Waals surface area contributed by atoms with Gasteiger partial charge in [0.2, 0.25) is 9.58 Å². The molecule has 0 spiro atoms. The van der Waals surface area contributed by atoms with Gasteiger partial charge in [0, 0.05) is 11.1 Å². The predicted octanol–water partition coefficient (Wildman–Crippen LogP) is 4.05. The van der Waals surface area contributed by atoms with Crippen molar-refractivity contribution < 1.29 is 9.90 Å². The molecule has 1 aromatic carbocycles. The number of carbonyl (C=O) groups is 1. The van der Waals surface area contributed by atoms with Crippen LogP contribution >= 0.6 is 34.8 Å². The van der Waals surface area contributed by atoms with Crippen molar-refractivity contribution in [2.75, 3.05) is 0 Å². The molecule has 0 atom stereocenters. The Morgan fingerprint density at radius 3 is 2.11 bits per heavy atom. The number of hydrogen-bond acceptors (Lipinski definition) is 3. The minimum atomic E-state index is -1.57. The van der Waals surface area contributed by atoms with Gasteiger partial charge in [0.15, 0.2) is 0 Å². The average Bonchev–Trinajstić information content (AvgIpc) is 2.28. The molecule has 0 saturated heterocycles. The number of hydrogen-bond donors (Lipinski definition) is 1. The van der Waals surface area contributed by atoms with Crippen molar-refractivity contribution >= 4 is 40.6 Å². The van der Waals surface area contributed by atoms with Gasteiger partial charge in [0.05, 0.1) is 0 Å². The molecule has 0 aliphatic heterocycles. The summed E-state index contributed by atoms with van der Waals surface area (Å²) in [4.78, 5) is 11.8. The van der Waals surface area contributed by atoms with Crippen LogP contribution in [0.25, 0.3) is 0 Å². The molecule has 1 rings (SSSR count). The number of alkyl halides is 3. The third-order valence-electron chi connectivity index (χ3n) is 2.18. The summed E-state index contributed by atoms with van der Waals surface area (Å²) in [5.41, 5.74) is 0.335. The number of Topliss-reactive ketones (excluding diaryl/α,β-unsaturated/α-hetero) is 1. The summed E-state index contributed by atoms with van der Waals surface area (Å²) in [5, 5.41) is 18.0. The molecule has 0 aliphatic rings. The third kappa shape index (κ3) is 3.39. The Balaban J connectivity index is 3.12. The fourth-order valence-electron chi connectivity index (χ4n) is 1.25. The maximum absolute atomic E-state index is 11.8. The van der Waals surface area contributed by atoms with E-state index >= 15 is 0 Å². The average molecular weight is 305 g/mol. The van der Waals surface area contributed by atoms with Crippen molar-refractivity contribution in [2.45, 2.75) is 10.7 Å². The van der Waals surface area contributed by atoms with Gasteiger partial charge >= 0.3 is 0 Å². The molecular weight excluding hydrogens is 296 g/mol. The van der Waals surface area contributed by atoms with Crippen molar-refractivity contribution in [3.05, 3.63) is 46.7 Å². The van der Waals surface area contributed by atoms with E-state index in [2.05, 4.69) is 0 Å². The van der Waals surface area contributed by atoms with Crippen LogP contribution in [-0.2, 0) is 3.79 Å². The molecule has 0 fully saturated rings. The van der Waals surface area contributed by atoms with E-state index in [0.29, 0.717) is 5.56 Å². The molecule has 0 radical (unpaired) electrons. The lowest BCUT2D eigenvalue weighted by atomic mass is 10.0. The predicted molar refractivity (Wildman–Crippen MR) is 71.0 cm³/mol. The second-order valence-electron chi connectivity index (χ2n) is 3.48. The molecule has 94 valence electrons. The molecular formula is C12H8Cl3NO2. The lowest BCUT2D eigenvalue weighted by Gasteiger charge is -2.11. The molecule has 1 aromatic rings. The molecule has 0 heterocycles. The van der Waals surface area contributed by atoms with E-state index in [1.165, 1.54) is 31.2 Å². The van der Waals surface area contributed by atoms with E-state index < -0.39 is 9.58 Å². The van der Waals surface area contributed by atoms with E-state index in [0.717, 1.165) is 0 Å². The Bertz CT molecular complexity index is 532. The fourth-order valence-corrected chi connectivity index (χ4v) is 1.63. The SMILES string of the molecule is C/C(O)=C(\C#N)C(=O)c1ccc(C(Cl)(Cl)Cl)cc1. The number of aliphatic hydroxyl groups excluding tert-OH is 1. The maximum atomic E-state index is 11.8. The minimum Gasteiger partial charge on any atom is -0.511 e. The first-order chi connectivity index (χ1) is 8.27. The van der Waals surface area contributed by atoms with Gasteiger partial charge in [-0.3, -0.25) is 4.79 Å². The van der Waals surface area contributed by atoms with Gasteiger partial charge in [0.1, 0.15) is 17.4 Å². The molecule has 0 amide bonds. The number of nitriles is 1. The lowest BCUT2D eigenvalue weighted by molar-refractivity contribution is 0.103. The quantitative estimate of drug-likeness (QED) is 0.295. The molecule has 6 heteroatoms. The molecule has 0 aromatic heterocycles. The minimum absolute atomic E-state index is 0.234. The highest BCUT2D eigenvalue weighted by Gasteiger charge is 2.23. The highest BCUT2D eigenvalue weighted by molar-refractivity contribution is 6.66. The van der Waals surface area contributed by atoms with Crippen molar-refractivity contribution in [3.63, 3.8) is 0 Å². The number of ketones is 1. The van der Waals surface area contributed by atoms with E-state index in [1.54, 1.807) is 6.07 Å². The number of rotatable bonds is 2. The van der Waals surface area contributed by atoms with Crippen LogP contribution in [0.2, 0.25) is 0 Å². The topological polar surface area (TPSA) is 61.1 Å². The van der Waals surface area contributed by atoms with Crippen LogP contribution in [0.1, 0.15) is 22.8 Å². The number of allylic oxidation sites excluding steroid dienone is 2. The molecule has 0 bridgehead atoms. The number of aliphatic hydroxyl groups is 1. The Kier molecular flexibility index (Phi) is 4.64. The van der Waals surface area contributed by atoms with Gasteiger partial charge in [-0.1, -0.05) is 59.1 Å². The monoisotopic (exact) mass is 303 g/mol. The van der Waals surface area contributed by atoms with Crippen LogP contribution < -0.4 is 0 Å². The Labute approximate surface area is 119 Å². The summed E-state index contributed by atoms with van der Waals surface area (Å²) in [6.07, 6.45) is 0. The largest absolute Gasteiger partial charge is 0.511 e. The highest BCUT2D eigenvalue weighted by Crippen LogP contribution is 2.38. The van der Waals surface area contributed by atoms with E-state index in [4.69, 9.17) is 40.1 Å². The molecule has 3 nitrogen and oxygen atoms in total. The van der Waals surface area contributed by atoms with Gasteiger partial charge in [-0.15, -0.1) is 0 Å². The fraction of sp³-hybridized carbons (Fsp3) is 0.167. The molecule has 18 heavy (non-hydrogen) atoms. The first-order valence-corrected chi connectivity index (χ1v) is 5.92. The zero-order valence-corrected chi connectivity index (χ0v) is 11.5. The first kappa shape index (κ1) is 14.8. The van der Waals surface area contributed by atoms with Gasteiger partial charge in [0.25, 0.3) is 0 Å². The number of halogens is 3. The Morgan fingerprint density at radius 1 is 1.28 bits per heavy atom. The van der Waals surface area contributed by atoms with Crippen LogP contribution in [0, 0.1) is 11.3 Å². The van der Waals surface area contributed by atoms with Crippen molar-refractivity contribution in [2.24, 2.45) is 0 Å². The molecule has 0 aliphatic carbocycles. The maximum Gasteiger partial charge on any atom is 0.216 e. The zero-order chi connectivity index (χ0) is 13.9. The summed E-state index contributed by atoms with van der Waals surface area (Å²) < 4.78 is -1.57. The number of benzene rings is 1. The van der Waals surface area contributed by atoms with Crippen LogP contribution in [-0.4, -0.2) is 10.9 Å². The van der Waals surface area contributed by atoms with E-state index in [9.17, 15) is 9.90 Å². The standard InChI is InChI=1S/C12H8Cl3NO2/c1-7(17)10(6-16)11(18)8-2-4-9(5-3-8)12(13,14)15/h2-5,17H,1H3/b10-7-. The summed E-state index contributed by atoms with van der Waals surface area (Å²) >= 11 is 17.0. The van der Waals surface area contributed by atoms with E-state index in [1.807, 2.05) is 0 Å². The van der Waals surface area contributed by atoms with Crippen molar-refractivity contribution in [1.29, 1.82) is 5.26 Å². The molecule has 1 N–H and O–H groups in total. The summed E-state index contributed by atoms with van der Waals surface area (Å²) in [6.45, 7) is 1.27. The Hall–Kier alpha value is -1.21. The van der Waals surface area contributed by atoms with Crippen LogP contribution in [0.15, 0.2) is 35.6 Å². The molecule has 0 unspecified atom stereocenters. The second-order valence-corrected chi connectivity index (χ2v) is 5.76. The normalized spacial score (nSPS) is 12.6. The zero-order valence-electron chi connectivity index (χ0n) is 9.25. The summed E-state index contributed by atoms with van der Waals surface area (Å²) in [6, 6.07) is 7.46. The lowest BCUT2D eigenvalue weighted by Crippen LogP contribution is -2.06. The van der Waals surface area contributed by atoms with Crippen LogP contribution in [0.5, 0.6) is 0 Å². The Morgan fingerprint density at radius 2 is 1.78 bits per heavy atom. The third-order valence-corrected chi connectivity index (χ3v) is 2.83. The summed E-state index contributed by atoms with van der Waals surface area (Å²) in [5.74, 6) is -0.902. The second kappa shape index (κ2) is 5.62. The van der Waals surface area contributed by atoms with Gasteiger partial charge in [-0.25, -0.2) is 0 Å². The smallest absolute Gasteiger partial charge is 0.216 e. The number of nitrogens with zero attached hydrogens (tertiary/aromatic N) is 1.